The third-order valence-electron chi connectivity index (χ3n) is 2.81. The fourth-order valence-electron chi connectivity index (χ4n) is 1.99. The molecule has 0 radical (unpaired) electrons. The molecule has 0 aliphatic carbocycles. The number of nitrogens with one attached hydrogen (secondary N) is 1. The number of aryl methyl sites for hydroxylation is 2. The summed E-state index contributed by atoms with van der Waals surface area (Å²) in [4.78, 5) is 16.6. The van der Waals surface area contributed by atoms with Gasteiger partial charge in [-0.25, -0.2) is 4.98 Å². The molecule has 1 amide bonds. The molecule has 104 valence electrons. The Morgan fingerprint density at radius 2 is 2.00 bits per heavy atom. The summed E-state index contributed by atoms with van der Waals surface area (Å²) in [6, 6.07) is 8.68. The second kappa shape index (κ2) is 5.61. The highest BCUT2D eigenvalue weighted by molar-refractivity contribution is 6.06. The van der Waals surface area contributed by atoms with Gasteiger partial charge in [-0.3, -0.25) is 4.79 Å². The van der Waals surface area contributed by atoms with E-state index in [1.54, 1.807) is 18.2 Å². The van der Waals surface area contributed by atoms with E-state index in [4.69, 9.17) is 10.5 Å². The molecule has 5 nitrogen and oxygen atoms in total. The lowest BCUT2D eigenvalue weighted by Gasteiger charge is -2.10. The molecule has 0 aliphatic heterocycles. The first-order chi connectivity index (χ1) is 9.49. The molecule has 1 heterocycles. The highest BCUT2D eigenvalue weighted by Crippen LogP contribution is 2.22. The standard InChI is InChI=1S/C15H17N3O2/c1-9-6-10(2)17-14(7-9)18-15(19)12-8-11(16)4-5-13(12)20-3/h4-8H,16H2,1-3H3,(H,17,18,19). The predicted molar refractivity (Wildman–Crippen MR) is 79.1 cm³/mol. The van der Waals surface area contributed by atoms with E-state index in [9.17, 15) is 4.79 Å². The van der Waals surface area contributed by atoms with Gasteiger partial charge in [0.05, 0.1) is 12.7 Å². The topological polar surface area (TPSA) is 77.2 Å². The van der Waals surface area contributed by atoms with Crippen LogP contribution in [0.2, 0.25) is 0 Å². The second-order valence-corrected chi connectivity index (χ2v) is 4.58. The minimum atomic E-state index is -0.299. The maximum absolute atomic E-state index is 12.3. The van der Waals surface area contributed by atoms with Crippen LogP contribution in [0.3, 0.4) is 0 Å². The minimum absolute atomic E-state index is 0.299. The van der Waals surface area contributed by atoms with Gasteiger partial charge in [-0.05, 0) is 49.7 Å². The zero-order valence-corrected chi connectivity index (χ0v) is 11.7. The second-order valence-electron chi connectivity index (χ2n) is 4.58. The van der Waals surface area contributed by atoms with Crippen LogP contribution in [0.25, 0.3) is 0 Å². The number of ether oxygens (including phenoxy) is 1. The summed E-state index contributed by atoms with van der Waals surface area (Å²) in [6.07, 6.45) is 0. The highest BCUT2D eigenvalue weighted by atomic mass is 16.5. The number of benzene rings is 1. The fraction of sp³-hybridized carbons (Fsp3) is 0.200. The summed E-state index contributed by atoms with van der Waals surface area (Å²) >= 11 is 0. The molecule has 2 aromatic rings. The molecule has 5 heteroatoms. The smallest absolute Gasteiger partial charge is 0.260 e. The lowest BCUT2D eigenvalue weighted by molar-refractivity contribution is 0.102. The number of carbonyl (C=O) groups excluding carboxylic acids is 1. The van der Waals surface area contributed by atoms with Crippen molar-refractivity contribution in [3.8, 4) is 5.75 Å². The Bertz CT molecular complexity index is 633. The average molecular weight is 271 g/mol. The molecular weight excluding hydrogens is 254 g/mol. The van der Waals surface area contributed by atoms with Crippen LogP contribution in [0.4, 0.5) is 11.5 Å². The zero-order valence-electron chi connectivity index (χ0n) is 11.7. The molecule has 3 N–H and O–H groups in total. The predicted octanol–water partition coefficient (Wildman–Crippen LogP) is 2.54. The third kappa shape index (κ3) is 3.06. The van der Waals surface area contributed by atoms with Crippen molar-refractivity contribution in [3.63, 3.8) is 0 Å². The first kappa shape index (κ1) is 13.9. The maximum atomic E-state index is 12.3. The largest absolute Gasteiger partial charge is 0.496 e. The van der Waals surface area contributed by atoms with Crippen LogP contribution in [0.15, 0.2) is 30.3 Å². The Morgan fingerprint density at radius 3 is 2.65 bits per heavy atom. The molecule has 0 atom stereocenters. The van der Waals surface area contributed by atoms with Crippen molar-refractivity contribution in [2.24, 2.45) is 0 Å². The molecular formula is C15H17N3O2. The molecule has 0 unspecified atom stereocenters. The number of pyridine rings is 1. The Hall–Kier alpha value is -2.56. The monoisotopic (exact) mass is 271 g/mol. The molecule has 0 aliphatic rings. The van der Waals surface area contributed by atoms with Gasteiger partial charge in [0.15, 0.2) is 0 Å². The summed E-state index contributed by atoms with van der Waals surface area (Å²) in [6.45, 7) is 3.83. The van der Waals surface area contributed by atoms with Crippen LogP contribution >= 0.6 is 0 Å². The number of carbonyl (C=O) groups is 1. The zero-order chi connectivity index (χ0) is 14.7. The van der Waals surface area contributed by atoms with Crippen LogP contribution in [0, 0.1) is 13.8 Å². The van der Waals surface area contributed by atoms with Crippen LogP contribution in [-0.2, 0) is 0 Å². The number of rotatable bonds is 3. The van der Waals surface area contributed by atoms with Gasteiger partial charge in [-0.15, -0.1) is 0 Å². The van der Waals surface area contributed by atoms with Crippen molar-refractivity contribution in [3.05, 3.63) is 47.2 Å². The summed E-state index contributed by atoms with van der Waals surface area (Å²) in [5.74, 6) is 0.685. The van der Waals surface area contributed by atoms with Crippen molar-refractivity contribution >= 4 is 17.4 Å². The van der Waals surface area contributed by atoms with Gasteiger partial charge in [-0.1, -0.05) is 0 Å². The molecule has 20 heavy (non-hydrogen) atoms. The van der Waals surface area contributed by atoms with E-state index in [1.165, 1.54) is 7.11 Å². The average Bonchev–Trinajstić information content (AvgIpc) is 2.37. The van der Waals surface area contributed by atoms with Crippen LogP contribution in [0.1, 0.15) is 21.6 Å². The normalized spacial score (nSPS) is 10.2. The van der Waals surface area contributed by atoms with Gasteiger partial charge < -0.3 is 15.8 Å². The van der Waals surface area contributed by atoms with Gasteiger partial charge in [0.2, 0.25) is 0 Å². The summed E-state index contributed by atoms with van der Waals surface area (Å²) in [5, 5.41) is 2.76. The van der Waals surface area contributed by atoms with Gasteiger partial charge in [0, 0.05) is 11.4 Å². The van der Waals surface area contributed by atoms with E-state index < -0.39 is 0 Å². The molecule has 0 spiro atoms. The number of hydrogen-bond donors (Lipinski definition) is 2. The number of nitrogen functional groups attached to an aromatic ring is 1. The number of hydrogen-bond acceptors (Lipinski definition) is 4. The summed E-state index contributed by atoms with van der Waals surface area (Å²) < 4.78 is 5.17. The Kier molecular flexibility index (Phi) is 3.89. The van der Waals surface area contributed by atoms with Crippen molar-refractivity contribution in [1.29, 1.82) is 0 Å². The Morgan fingerprint density at radius 1 is 1.25 bits per heavy atom. The van der Waals surface area contributed by atoms with Gasteiger partial charge >= 0.3 is 0 Å². The molecule has 0 bridgehead atoms. The first-order valence-corrected chi connectivity index (χ1v) is 6.20. The highest BCUT2D eigenvalue weighted by Gasteiger charge is 2.13. The number of anilines is 2. The van der Waals surface area contributed by atoms with Crippen LogP contribution < -0.4 is 15.8 Å². The van der Waals surface area contributed by atoms with E-state index in [2.05, 4.69) is 10.3 Å². The summed E-state index contributed by atoms with van der Waals surface area (Å²) in [7, 11) is 1.51. The maximum Gasteiger partial charge on any atom is 0.260 e. The molecule has 1 aromatic carbocycles. The van der Waals surface area contributed by atoms with Crippen molar-refractivity contribution in [2.45, 2.75) is 13.8 Å². The third-order valence-corrected chi connectivity index (χ3v) is 2.81. The van der Waals surface area contributed by atoms with E-state index >= 15 is 0 Å². The molecule has 0 saturated heterocycles. The molecule has 1 aromatic heterocycles. The van der Waals surface area contributed by atoms with E-state index in [-0.39, 0.29) is 5.91 Å². The van der Waals surface area contributed by atoms with E-state index in [1.807, 2.05) is 26.0 Å². The molecule has 2 rings (SSSR count). The summed E-state index contributed by atoms with van der Waals surface area (Å²) in [5.41, 5.74) is 8.48. The van der Waals surface area contributed by atoms with E-state index in [0.717, 1.165) is 11.3 Å². The van der Waals surface area contributed by atoms with Gasteiger partial charge in [0.25, 0.3) is 5.91 Å². The van der Waals surface area contributed by atoms with Crippen molar-refractivity contribution in [2.75, 3.05) is 18.2 Å². The number of nitrogens with two attached hydrogens (primary N) is 1. The number of nitrogens with zero attached hydrogens (tertiary/aromatic N) is 1. The lowest BCUT2D eigenvalue weighted by atomic mass is 10.1. The Balaban J connectivity index is 2.30. The first-order valence-electron chi connectivity index (χ1n) is 6.20. The molecule has 0 fully saturated rings. The van der Waals surface area contributed by atoms with E-state index in [0.29, 0.717) is 22.8 Å². The van der Waals surface area contributed by atoms with Crippen LogP contribution in [0.5, 0.6) is 5.75 Å². The molecule has 0 saturated carbocycles. The minimum Gasteiger partial charge on any atom is -0.496 e. The Labute approximate surface area is 117 Å². The quantitative estimate of drug-likeness (QED) is 0.841. The lowest BCUT2D eigenvalue weighted by Crippen LogP contribution is -2.15. The van der Waals surface area contributed by atoms with Crippen molar-refractivity contribution < 1.29 is 9.53 Å². The number of methoxy groups -OCH3 is 1. The SMILES string of the molecule is COc1ccc(N)cc1C(=O)Nc1cc(C)cc(C)n1. The fourth-order valence-corrected chi connectivity index (χ4v) is 1.99. The van der Waals surface area contributed by atoms with Crippen LogP contribution in [-0.4, -0.2) is 18.0 Å². The van der Waals surface area contributed by atoms with Gasteiger partial charge in [-0.2, -0.15) is 0 Å². The number of aromatic nitrogens is 1. The van der Waals surface area contributed by atoms with Gasteiger partial charge in [0.1, 0.15) is 11.6 Å². The number of amides is 1. The van der Waals surface area contributed by atoms with Crippen molar-refractivity contribution in [1.82, 2.24) is 4.98 Å².